The number of benzene rings is 1. The SMILES string of the molecule is CC1(C)[C@H](NC(=O)c2cc3cccc(F)c3s2)C2CCN1CC2.Cl. The predicted octanol–water partition coefficient (Wildman–Crippen LogP) is 4.06. The maximum Gasteiger partial charge on any atom is 0.261 e. The molecule has 0 aliphatic carbocycles. The number of fused-ring (bicyclic) bond motifs is 4. The van der Waals surface area contributed by atoms with Crippen LogP contribution in [0.5, 0.6) is 0 Å². The van der Waals surface area contributed by atoms with Gasteiger partial charge < -0.3 is 5.32 Å². The van der Waals surface area contributed by atoms with Crippen LogP contribution in [0, 0.1) is 11.7 Å². The number of halogens is 2. The molecule has 0 saturated carbocycles. The van der Waals surface area contributed by atoms with E-state index < -0.39 is 0 Å². The van der Waals surface area contributed by atoms with Crippen molar-refractivity contribution in [3.63, 3.8) is 0 Å². The van der Waals surface area contributed by atoms with E-state index in [0.717, 1.165) is 31.3 Å². The third-order valence-electron chi connectivity index (χ3n) is 5.59. The van der Waals surface area contributed by atoms with E-state index >= 15 is 0 Å². The number of rotatable bonds is 2. The molecular weight excluding hydrogens is 347 g/mol. The molecule has 3 aliphatic rings. The molecule has 0 radical (unpaired) electrons. The first-order valence-electron chi connectivity index (χ1n) is 8.21. The van der Waals surface area contributed by atoms with Crippen molar-refractivity contribution < 1.29 is 9.18 Å². The van der Waals surface area contributed by atoms with E-state index in [1.165, 1.54) is 17.4 Å². The van der Waals surface area contributed by atoms with E-state index in [4.69, 9.17) is 0 Å². The molecule has 2 bridgehead atoms. The summed E-state index contributed by atoms with van der Waals surface area (Å²) in [6.07, 6.45) is 2.30. The van der Waals surface area contributed by atoms with Crippen LogP contribution < -0.4 is 5.32 Å². The number of piperidine rings is 3. The van der Waals surface area contributed by atoms with Crippen LogP contribution in [0.4, 0.5) is 4.39 Å². The fourth-order valence-electron chi connectivity index (χ4n) is 4.23. The number of nitrogens with zero attached hydrogens (tertiary/aromatic N) is 1. The van der Waals surface area contributed by atoms with Crippen LogP contribution in [-0.2, 0) is 0 Å². The van der Waals surface area contributed by atoms with E-state index in [-0.39, 0.29) is 35.7 Å². The molecule has 24 heavy (non-hydrogen) atoms. The van der Waals surface area contributed by atoms with Crippen LogP contribution in [0.2, 0.25) is 0 Å². The molecule has 4 heterocycles. The summed E-state index contributed by atoms with van der Waals surface area (Å²) in [6, 6.07) is 6.93. The largest absolute Gasteiger partial charge is 0.346 e. The maximum absolute atomic E-state index is 13.8. The summed E-state index contributed by atoms with van der Waals surface area (Å²) in [5.74, 6) is 0.220. The zero-order valence-electron chi connectivity index (χ0n) is 13.8. The molecule has 1 aromatic heterocycles. The van der Waals surface area contributed by atoms with Gasteiger partial charge in [0.25, 0.3) is 5.91 Å². The topological polar surface area (TPSA) is 32.3 Å². The number of hydrogen-bond donors (Lipinski definition) is 1. The molecule has 1 aromatic carbocycles. The lowest BCUT2D eigenvalue weighted by molar-refractivity contribution is -0.0377. The van der Waals surface area contributed by atoms with Gasteiger partial charge in [-0.25, -0.2) is 4.39 Å². The number of nitrogens with one attached hydrogen (secondary N) is 1. The molecule has 0 spiro atoms. The van der Waals surface area contributed by atoms with Crippen molar-refractivity contribution in [3.05, 3.63) is 35.0 Å². The summed E-state index contributed by atoms with van der Waals surface area (Å²) in [4.78, 5) is 15.8. The Kier molecular flexibility index (Phi) is 4.62. The molecule has 3 saturated heterocycles. The van der Waals surface area contributed by atoms with Crippen molar-refractivity contribution in [1.29, 1.82) is 0 Å². The minimum atomic E-state index is -0.255. The molecule has 6 heteroatoms. The van der Waals surface area contributed by atoms with Gasteiger partial charge in [0.05, 0.1) is 9.58 Å². The number of thiophene rings is 1. The van der Waals surface area contributed by atoms with Gasteiger partial charge in [-0.2, -0.15) is 0 Å². The third-order valence-corrected chi connectivity index (χ3v) is 6.75. The number of carbonyl (C=O) groups is 1. The smallest absolute Gasteiger partial charge is 0.261 e. The second-order valence-corrected chi connectivity index (χ2v) is 8.25. The zero-order chi connectivity index (χ0) is 16.2. The number of amides is 1. The second-order valence-electron chi connectivity index (χ2n) is 7.20. The molecule has 5 rings (SSSR count). The molecule has 1 amide bonds. The predicted molar refractivity (Wildman–Crippen MR) is 98.7 cm³/mol. The van der Waals surface area contributed by atoms with Crippen LogP contribution in [0.25, 0.3) is 10.1 Å². The molecule has 1 atom stereocenters. The van der Waals surface area contributed by atoms with Crippen molar-refractivity contribution in [2.75, 3.05) is 13.1 Å². The molecule has 3 nitrogen and oxygen atoms in total. The lowest BCUT2D eigenvalue weighted by atomic mass is 9.72. The Hall–Kier alpha value is -1.17. The standard InChI is InChI=1S/C18H21FN2OS.ClH/c1-18(2)16(11-6-8-21(18)9-7-11)20-17(22)14-10-12-4-3-5-13(19)15(12)23-14;/h3-5,10-11,16H,6-9H2,1-2H3,(H,20,22);1H/t16-;/m1./s1. The normalized spacial score (nSPS) is 27.7. The van der Waals surface area contributed by atoms with Crippen molar-refractivity contribution in [2.24, 2.45) is 5.92 Å². The van der Waals surface area contributed by atoms with Crippen LogP contribution in [0.3, 0.4) is 0 Å². The first kappa shape index (κ1) is 17.6. The van der Waals surface area contributed by atoms with Gasteiger partial charge >= 0.3 is 0 Å². The van der Waals surface area contributed by atoms with Gasteiger partial charge in [0.15, 0.2) is 0 Å². The van der Waals surface area contributed by atoms with Gasteiger partial charge in [0.1, 0.15) is 5.82 Å². The maximum atomic E-state index is 13.8. The molecule has 3 aliphatic heterocycles. The van der Waals surface area contributed by atoms with Crippen LogP contribution in [0.1, 0.15) is 36.4 Å². The third kappa shape index (κ3) is 2.72. The summed E-state index contributed by atoms with van der Waals surface area (Å²) < 4.78 is 14.4. The highest BCUT2D eigenvalue weighted by Gasteiger charge is 2.48. The van der Waals surface area contributed by atoms with Gasteiger partial charge in [-0.1, -0.05) is 12.1 Å². The van der Waals surface area contributed by atoms with Crippen LogP contribution >= 0.6 is 23.7 Å². The Morgan fingerprint density at radius 1 is 1.33 bits per heavy atom. The van der Waals surface area contributed by atoms with Crippen molar-refractivity contribution in [2.45, 2.75) is 38.3 Å². The summed E-state index contributed by atoms with van der Waals surface area (Å²) in [5.41, 5.74) is -0.0151. The molecule has 130 valence electrons. The van der Waals surface area contributed by atoms with Crippen LogP contribution in [0.15, 0.2) is 24.3 Å². The van der Waals surface area contributed by atoms with E-state index in [2.05, 4.69) is 24.1 Å². The summed E-state index contributed by atoms with van der Waals surface area (Å²) in [6.45, 7) is 6.68. The quantitative estimate of drug-likeness (QED) is 0.866. The van der Waals surface area contributed by atoms with Gasteiger partial charge in [-0.05, 0) is 63.2 Å². The van der Waals surface area contributed by atoms with E-state index in [0.29, 0.717) is 15.5 Å². The van der Waals surface area contributed by atoms with Crippen molar-refractivity contribution >= 4 is 39.7 Å². The Bertz CT molecular complexity index is 767. The van der Waals surface area contributed by atoms with Crippen molar-refractivity contribution in [3.8, 4) is 0 Å². The minimum absolute atomic E-state index is 0. The zero-order valence-corrected chi connectivity index (χ0v) is 15.5. The number of hydrogen-bond acceptors (Lipinski definition) is 3. The lowest BCUT2D eigenvalue weighted by Gasteiger charge is -2.56. The average molecular weight is 369 g/mol. The lowest BCUT2D eigenvalue weighted by Crippen LogP contribution is -2.69. The van der Waals surface area contributed by atoms with Gasteiger partial charge in [-0.15, -0.1) is 23.7 Å². The van der Waals surface area contributed by atoms with Crippen LogP contribution in [-0.4, -0.2) is 35.5 Å². The molecule has 2 aromatic rings. The first-order valence-corrected chi connectivity index (χ1v) is 9.02. The molecular formula is C18H22ClFN2OS. The fourth-order valence-corrected chi connectivity index (χ4v) is 5.20. The summed E-state index contributed by atoms with van der Waals surface area (Å²) >= 11 is 1.24. The highest BCUT2D eigenvalue weighted by atomic mass is 35.5. The van der Waals surface area contributed by atoms with Gasteiger partial charge in [-0.3, -0.25) is 9.69 Å². The average Bonchev–Trinajstić information content (AvgIpc) is 2.97. The van der Waals surface area contributed by atoms with E-state index in [1.807, 2.05) is 6.07 Å². The Labute approximate surface area is 151 Å². The summed E-state index contributed by atoms with van der Waals surface area (Å²) in [5, 5.41) is 4.04. The van der Waals surface area contributed by atoms with E-state index in [1.54, 1.807) is 12.1 Å². The fraction of sp³-hybridized carbons (Fsp3) is 0.500. The minimum Gasteiger partial charge on any atom is -0.346 e. The number of carbonyl (C=O) groups excluding carboxylic acids is 1. The second kappa shape index (κ2) is 6.28. The first-order chi connectivity index (χ1) is 11.0. The highest BCUT2D eigenvalue weighted by molar-refractivity contribution is 7.20. The Morgan fingerprint density at radius 3 is 2.67 bits per heavy atom. The Balaban J connectivity index is 0.00000169. The monoisotopic (exact) mass is 368 g/mol. The molecule has 0 unspecified atom stereocenters. The van der Waals surface area contributed by atoms with Gasteiger partial charge in [0, 0.05) is 11.6 Å². The Morgan fingerprint density at radius 2 is 2.04 bits per heavy atom. The molecule has 1 N–H and O–H groups in total. The summed E-state index contributed by atoms with van der Waals surface area (Å²) in [7, 11) is 0. The highest BCUT2D eigenvalue weighted by Crippen LogP contribution is 2.39. The van der Waals surface area contributed by atoms with Crippen molar-refractivity contribution in [1.82, 2.24) is 10.2 Å². The molecule has 3 fully saturated rings. The van der Waals surface area contributed by atoms with Gasteiger partial charge in [0.2, 0.25) is 0 Å². The van der Waals surface area contributed by atoms with E-state index in [9.17, 15) is 9.18 Å².